The average Bonchev–Trinajstić information content (AvgIpc) is 2.63. The molecule has 1 aliphatic heterocycles. The van der Waals surface area contributed by atoms with Gasteiger partial charge in [0.05, 0.1) is 25.9 Å². The summed E-state index contributed by atoms with van der Waals surface area (Å²) >= 11 is 0. The molecule has 1 atom stereocenters. The third-order valence-corrected chi connectivity index (χ3v) is 4.39. The third kappa shape index (κ3) is 3.74. The van der Waals surface area contributed by atoms with Crippen LogP contribution < -0.4 is 19.5 Å². The van der Waals surface area contributed by atoms with Crippen LogP contribution in [0.2, 0.25) is 0 Å². The number of hydrogen-bond donors (Lipinski definition) is 1. The van der Waals surface area contributed by atoms with E-state index in [1.165, 1.54) is 11.1 Å². The first kappa shape index (κ1) is 17.6. The summed E-state index contributed by atoms with van der Waals surface area (Å²) in [5.41, 5.74) is 3.71. The fraction of sp³-hybridized carbons (Fsp3) is 0.429. The molecule has 134 valence electrons. The van der Waals surface area contributed by atoms with Gasteiger partial charge in [0.25, 0.3) is 0 Å². The van der Waals surface area contributed by atoms with E-state index in [9.17, 15) is 0 Å². The second-order valence-corrected chi connectivity index (χ2v) is 5.97. The highest BCUT2D eigenvalue weighted by atomic mass is 16.5. The summed E-state index contributed by atoms with van der Waals surface area (Å²) in [5.74, 6) is 2.58. The molecular formula is C21H27NO3. The number of benzene rings is 2. The van der Waals surface area contributed by atoms with Gasteiger partial charge in [0.2, 0.25) is 0 Å². The Bertz CT molecular complexity index is 714. The molecule has 0 aliphatic carbocycles. The molecule has 0 spiro atoms. The summed E-state index contributed by atoms with van der Waals surface area (Å²) in [6.07, 6.45) is 0.981. The second-order valence-electron chi connectivity index (χ2n) is 5.97. The van der Waals surface area contributed by atoms with E-state index in [1.54, 1.807) is 0 Å². The highest BCUT2D eigenvalue weighted by Gasteiger charge is 2.26. The first-order chi connectivity index (χ1) is 12.3. The van der Waals surface area contributed by atoms with Crippen molar-refractivity contribution in [3.63, 3.8) is 0 Å². The molecule has 0 amide bonds. The smallest absolute Gasteiger partial charge is 0.161 e. The molecule has 1 aliphatic rings. The molecule has 2 aromatic rings. The van der Waals surface area contributed by atoms with Gasteiger partial charge >= 0.3 is 0 Å². The predicted molar refractivity (Wildman–Crippen MR) is 99.9 cm³/mol. The highest BCUT2D eigenvalue weighted by Crippen LogP contribution is 2.39. The molecule has 0 saturated heterocycles. The van der Waals surface area contributed by atoms with Gasteiger partial charge in [-0.1, -0.05) is 18.2 Å². The van der Waals surface area contributed by atoms with E-state index in [0.717, 1.165) is 35.8 Å². The van der Waals surface area contributed by atoms with E-state index < -0.39 is 0 Å². The lowest BCUT2D eigenvalue weighted by molar-refractivity contribution is 0.286. The maximum Gasteiger partial charge on any atom is 0.161 e. The molecule has 0 bridgehead atoms. The zero-order valence-corrected chi connectivity index (χ0v) is 15.3. The van der Waals surface area contributed by atoms with E-state index in [0.29, 0.717) is 19.8 Å². The molecule has 1 N–H and O–H groups in total. The fourth-order valence-electron chi connectivity index (χ4n) is 3.38. The maximum absolute atomic E-state index is 5.85. The Hall–Kier alpha value is -2.20. The van der Waals surface area contributed by atoms with Crippen molar-refractivity contribution in [3.05, 3.63) is 53.1 Å². The number of fused-ring (bicyclic) bond motifs is 1. The molecule has 4 nitrogen and oxygen atoms in total. The fourth-order valence-corrected chi connectivity index (χ4v) is 3.38. The molecule has 2 aromatic carbocycles. The molecule has 0 saturated carbocycles. The van der Waals surface area contributed by atoms with E-state index in [4.69, 9.17) is 14.2 Å². The first-order valence-corrected chi connectivity index (χ1v) is 9.15. The van der Waals surface area contributed by atoms with Crippen molar-refractivity contribution in [2.75, 3.05) is 26.4 Å². The number of hydrogen-bond acceptors (Lipinski definition) is 4. The van der Waals surface area contributed by atoms with E-state index in [-0.39, 0.29) is 6.04 Å². The zero-order chi connectivity index (χ0) is 17.6. The van der Waals surface area contributed by atoms with Crippen molar-refractivity contribution < 1.29 is 14.2 Å². The zero-order valence-electron chi connectivity index (χ0n) is 15.3. The molecule has 1 heterocycles. The minimum Gasteiger partial charge on any atom is -0.494 e. The van der Waals surface area contributed by atoms with Gasteiger partial charge in [-0.2, -0.15) is 0 Å². The Balaban J connectivity index is 2.05. The van der Waals surface area contributed by atoms with Crippen LogP contribution >= 0.6 is 0 Å². The van der Waals surface area contributed by atoms with Crippen molar-refractivity contribution in [3.8, 4) is 17.2 Å². The Morgan fingerprint density at radius 3 is 2.20 bits per heavy atom. The lowest BCUT2D eigenvalue weighted by Crippen LogP contribution is -2.31. The van der Waals surface area contributed by atoms with Crippen LogP contribution in [0.3, 0.4) is 0 Å². The largest absolute Gasteiger partial charge is 0.494 e. The van der Waals surface area contributed by atoms with Crippen LogP contribution in [0.4, 0.5) is 0 Å². The van der Waals surface area contributed by atoms with Gasteiger partial charge in [-0.05, 0) is 56.5 Å². The van der Waals surface area contributed by atoms with Crippen molar-refractivity contribution in [2.45, 2.75) is 33.2 Å². The predicted octanol–water partition coefficient (Wildman–Crippen LogP) is 4.12. The van der Waals surface area contributed by atoms with Crippen molar-refractivity contribution >= 4 is 0 Å². The van der Waals surface area contributed by atoms with Crippen LogP contribution in [0, 0.1) is 0 Å². The van der Waals surface area contributed by atoms with Gasteiger partial charge in [0.1, 0.15) is 5.75 Å². The summed E-state index contributed by atoms with van der Waals surface area (Å²) in [7, 11) is 0. The normalized spacial score (nSPS) is 16.2. The van der Waals surface area contributed by atoms with E-state index in [1.807, 2.05) is 32.9 Å². The standard InChI is InChI=1S/C21H27NO3/c1-4-23-18-10-8-7-9-16(18)21-17-14-20(25-6-3)19(24-5-2)13-15(17)11-12-22-21/h7-10,13-14,21-22H,4-6,11-12H2,1-3H3. The lowest BCUT2D eigenvalue weighted by Gasteiger charge is -2.29. The van der Waals surface area contributed by atoms with Gasteiger partial charge in [0, 0.05) is 12.1 Å². The van der Waals surface area contributed by atoms with E-state index in [2.05, 4.69) is 29.6 Å². The van der Waals surface area contributed by atoms with Crippen molar-refractivity contribution in [2.24, 2.45) is 0 Å². The monoisotopic (exact) mass is 341 g/mol. The lowest BCUT2D eigenvalue weighted by atomic mass is 9.89. The maximum atomic E-state index is 5.85. The Kier molecular flexibility index (Phi) is 5.82. The van der Waals surface area contributed by atoms with Crippen LogP contribution in [0.15, 0.2) is 36.4 Å². The Morgan fingerprint density at radius 2 is 1.48 bits per heavy atom. The second kappa shape index (κ2) is 8.26. The highest BCUT2D eigenvalue weighted by molar-refractivity contribution is 5.53. The molecule has 4 heteroatoms. The van der Waals surface area contributed by atoms with E-state index >= 15 is 0 Å². The van der Waals surface area contributed by atoms with Crippen LogP contribution in [0.25, 0.3) is 0 Å². The molecule has 1 unspecified atom stereocenters. The van der Waals surface area contributed by atoms with Gasteiger partial charge in [0.15, 0.2) is 11.5 Å². The number of para-hydroxylation sites is 1. The van der Waals surface area contributed by atoms with Gasteiger partial charge < -0.3 is 19.5 Å². The quantitative estimate of drug-likeness (QED) is 0.822. The number of ether oxygens (including phenoxy) is 3. The van der Waals surface area contributed by atoms with Crippen LogP contribution in [0.5, 0.6) is 17.2 Å². The van der Waals surface area contributed by atoms with Crippen LogP contribution in [0.1, 0.15) is 43.5 Å². The molecule has 0 radical (unpaired) electrons. The molecule has 25 heavy (non-hydrogen) atoms. The SMILES string of the molecule is CCOc1cc2c(cc1OCC)C(c1ccccc1OCC)NCC2. The molecule has 0 aromatic heterocycles. The van der Waals surface area contributed by atoms with Crippen LogP contribution in [-0.2, 0) is 6.42 Å². The summed E-state index contributed by atoms with van der Waals surface area (Å²) in [6.45, 7) is 8.84. The van der Waals surface area contributed by atoms with Crippen molar-refractivity contribution in [1.29, 1.82) is 0 Å². The minimum absolute atomic E-state index is 0.0985. The third-order valence-electron chi connectivity index (χ3n) is 4.39. The molecule has 3 rings (SSSR count). The van der Waals surface area contributed by atoms with Crippen LogP contribution in [-0.4, -0.2) is 26.4 Å². The van der Waals surface area contributed by atoms with Gasteiger partial charge in [-0.15, -0.1) is 0 Å². The Morgan fingerprint density at radius 1 is 0.840 bits per heavy atom. The minimum atomic E-state index is 0.0985. The summed E-state index contributed by atoms with van der Waals surface area (Å²) in [5, 5.41) is 3.63. The van der Waals surface area contributed by atoms with Crippen molar-refractivity contribution in [1.82, 2.24) is 5.32 Å². The summed E-state index contributed by atoms with van der Waals surface area (Å²) < 4.78 is 17.5. The summed E-state index contributed by atoms with van der Waals surface area (Å²) in [4.78, 5) is 0. The molecule has 0 fully saturated rings. The first-order valence-electron chi connectivity index (χ1n) is 9.15. The van der Waals surface area contributed by atoms with Gasteiger partial charge in [-0.25, -0.2) is 0 Å². The number of nitrogens with one attached hydrogen (secondary N) is 1. The average molecular weight is 341 g/mol. The Labute approximate surface area is 150 Å². The van der Waals surface area contributed by atoms with Gasteiger partial charge in [-0.3, -0.25) is 0 Å². The summed E-state index contributed by atoms with van der Waals surface area (Å²) in [6, 6.07) is 12.6. The topological polar surface area (TPSA) is 39.7 Å². The molecular weight excluding hydrogens is 314 g/mol. The number of rotatable bonds is 7.